The monoisotopic (exact) mass is 337 g/mol. The highest BCUT2D eigenvalue weighted by molar-refractivity contribution is 5.79. The van der Waals surface area contributed by atoms with E-state index < -0.39 is 11.6 Å². The molecular weight excluding hydrogens is 312 g/mol. The minimum absolute atomic E-state index is 0.0681. The molecule has 3 atom stereocenters. The van der Waals surface area contributed by atoms with E-state index in [1.807, 2.05) is 11.8 Å². The molecule has 1 aliphatic heterocycles. The van der Waals surface area contributed by atoms with E-state index in [-0.39, 0.29) is 23.9 Å². The molecule has 2 N–H and O–H groups in total. The Hall–Kier alpha value is -1.53. The molecule has 3 unspecified atom stereocenters. The van der Waals surface area contributed by atoms with Crippen molar-refractivity contribution in [3.63, 3.8) is 0 Å². The molecule has 3 rings (SSSR count). The van der Waals surface area contributed by atoms with E-state index in [0.29, 0.717) is 31.7 Å². The fourth-order valence-electron chi connectivity index (χ4n) is 3.87. The fraction of sp³-hybridized carbons (Fsp3) is 0.611. The number of carbonyl (C=O) groups excluding carboxylic acids is 1. The first kappa shape index (κ1) is 17.3. The number of nitrogens with two attached hydrogens (primary N) is 1. The summed E-state index contributed by atoms with van der Waals surface area (Å²) >= 11 is 0. The van der Waals surface area contributed by atoms with Crippen LogP contribution in [0.5, 0.6) is 0 Å². The standard InChI is InChI=1S/C18H25F2N3O/c1-12(16-5-3-14(19)11-17(16)20)22-6-8-23(9-7-22)18(24)13-2-4-15(21)10-13/h3,5,11-13,15H,2,4,6-10,21H2,1H3. The zero-order chi connectivity index (χ0) is 17.3. The van der Waals surface area contributed by atoms with Crippen LogP contribution in [0.4, 0.5) is 8.78 Å². The van der Waals surface area contributed by atoms with E-state index in [4.69, 9.17) is 5.73 Å². The maximum absolute atomic E-state index is 14.0. The van der Waals surface area contributed by atoms with E-state index in [0.717, 1.165) is 25.3 Å². The Morgan fingerprint density at radius 3 is 2.50 bits per heavy atom. The highest BCUT2D eigenvalue weighted by Crippen LogP contribution is 2.28. The van der Waals surface area contributed by atoms with Crippen LogP contribution in [0.25, 0.3) is 0 Å². The fourth-order valence-corrected chi connectivity index (χ4v) is 3.87. The largest absolute Gasteiger partial charge is 0.340 e. The van der Waals surface area contributed by atoms with Crippen LogP contribution in [-0.4, -0.2) is 47.9 Å². The average Bonchev–Trinajstić information content (AvgIpc) is 3.00. The second kappa shape index (κ2) is 7.15. The first-order valence-electron chi connectivity index (χ1n) is 8.69. The Morgan fingerprint density at radius 1 is 1.21 bits per heavy atom. The number of nitrogens with zero attached hydrogens (tertiary/aromatic N) is 2. The number of amides is 1. The number of hydrogen-bond donors (Lipinski definition) is 1. The number of hydrogen-bond acceptors (Lipinski definition) is 3. The molecule has 1 aliphatic carbocycles. The minimum Gasteiger partial charge on any atom is -0.340 e. The van der Waals surface area contributed by atoms with Gasteiger partial charge in [0.2, 0.25) is 5.91 Å². The third-order valence-corrected chi connectivity index (χ3v) is 5.41. The zero-order valence-corrected chi connectivity index (χ0v) is 14.0. The van der Waals surface area contributed by atoms with Gasteiger partial charge >= 0.3 is 0 Å². The Bertz CT molecular complexity index is 602. The molecule has 0 spiro atoms. The molecule has 132 valence electrons. The maximum atomic E-state index is 14.0. The molecule has 2 fully saturated rings. The molecule has 1 aromatic rings. The second-order valence-corrected chi connectivity index (χ2v) is 6.97. The average molecular weight is 337 g/mol. The lowest BCUT2D eigenvalue weighted by molar-refractivity contribution is -0.137. The Morgan fingerprint density at radius 2 is 1.92 bits per heavy atom. The molecule has 24 heavy (non-hydrogen) atoms. The van der Waals surface area contributed by atoms with Gasteiger partial charge in [0, 0.05) is 55.8 Å². The van der Waals surface area contributed by atoms with Gasteiger partial charge in [-0.1, -0.05) is 6.07 Å². The van der Waals surface area contributed by atoms with Gasteiger partial charge in [-0.3, -0.25) is 9.69 Å². The van der Waals surface area contributed by atoms with Crippen molar-refractivity contribution in [3.05, 3.63) is 35.4 Å². The summed E-state index contributed by atoms with van der Waals surface area (Å²) in [5, 5.41) is 0. The number of rotatable bonds is 3. The Labute approximate surface area is 141 Å². The van der Waals surface area contributed by atoms with Gasteiger partial charge in [0.15, 0.2) is 0 Å². The summed E-state index contributed by atoms with van der Waals surface area (Å²) in [6.45, 7) is 4.62. The van der Waals surface area contributed by atoms with E-state index >= 15 is 0 Å². The van der Waals surface area contributed by atoms with Crippen molar-refractivity contribution in [2.24, 2.45) is 11.7 Å². The second-order valence-electron chi connectivity index (χ2n) is 6.97. The summed E-state index contributed by atoms with van der Waals surface area (Å²) in [6.07, 6.45) is 2.60. The number of piperazine rings is 1. The molecular formula is C18H25F2N3O. The molecule has 2 aliphatic rings. The lowest BCUT2D eigenvalue weighted by atomic mass is 10.0. The molecule has 1 aromatic carbocycles. The van der Waals surface area contributed by atoms with Crippen LogP contribution in [0.15, 0.2) is 18.2 Å². The maximum Gasteiger partial charge on any atom is 0.225 e. The first-order valence-corrected chi connectivity index (χ1v) is 8.69. The lowest BCUT2D eigenvalue weighted by Crippen LogP contribution is -2.50. The molecule has 1 saturated carbocycles. The van der Waals surface area contributed by atoms with E-state index in [2.05, 4.69) is 4.90 Å². The van der Waals surface area contributed by atoms with Crippen molar-refractivity contribution in [2.75, 3.05) is 26.2 Å². The lowest BCUT2D eigenvalue weighted by Gasteiger charge is -2.39. The Kier molecular flexibility index (Phi) is 5.15. The van der Waals surface area contributed by atoms with Crippen LogP contribution in [0.1, 0.15) is 37.8 Å². The summed E-state index contributed by atoms with van der Waals surface area (Å²) in [4.78, 5) is 16.6. The van der Waals surface area contributed by atoms with Crippen molar-refractivity contribution < 1.29 is 13.6 Å². The van der Waals surface area contributed by atoms with E-state index in [1.54, 1.807) is 0 Å². The predicted octanol–water partition coefficient (Wildman–Crippen LogP) is 2.30. The third-order valence-electron chi connectivity index (χ3n) is 5.41. The van der Waals surface area contributed by atoms with Crippen LogP contribution in [-0.2, 0) is 4.79 Å². The third kappa shape index (κ3) is 3.59. The van der Waals surface area contributed by atoms with Crippen molar-refractivity contribution in [1.29, 1.82) is 0 Å². The summed E-state index contributed by atoms with van der Waals surface area (Å²) in [5.74, 6) is -0.795. The van der Waals surface area contributed by atoms with Gasteiger partial charge < -0.3 is 10.6 Å². The summed E-state index contributed by atoms with van der Waals surface area (Å²) < 4.78 is 27.0. The van der Waals surface area contributed by atoms with Crippen molar-refractivity contribution >= 4 is 5.91 Å². The van der Waals surface area contributed by atoms with Gasteiger partial charge in [0.05, 0.1) is 0 Å². The van der Waals surface area contributed by atoms with Crippen LogP contribution >= 0.6 is 0 Å². The van der Waals surface area contributed by atoms with Gasteiger partial charge in [-0.2, -0.15) is 0 Å². The molecule has 1 heterocycles. The van der Waals surface area contributed by atoms with Crippen LogP contribution < -0.4 is 5.73 Å². The van der Waals surface area contributed by atoms with Gasteiger partial charge in [-0.25, -0.2) is 8.78 Å². The summed E-state index contributed by atoms with van der Waals surface area (Å²) in [6, 6.07) is 3.74. The molecule has 4 nitrogen and oxygen atoms in total. The highest BCUT2D eigenvalue weighted by Gasteiger charge is 2.33. The number of benzene rings is 1. The summed E-state index contributed by atoms with van der Waals surface area (Å²) in [5.41, 5.74) is 6.40. The zero-order valence-electron chi connectivity index (χ0n) is 14.0. The van der Waals surface area contributed by atoms with Crippen molar-refractivity contribution in [3.8, 4) is 0 Å². The molecule has 0 bridgehead atoms. The van der Waals surface area contributed by atoms with Crippen molar-refractivity contribution in [1.82, 2.24) is 9.80 Å². The Balaban J connectivity index is 1.57. The number of halogens is 2. The number of carbonyl (C=O) groups is 1. The van der Waals surface area contributed by atoms with Gasteiger partial charge in [-0.05, 0) is 32.3 Å². The molecule has 6 heteroatoms. The van der Waals surface area contributed by atoms with E-state index in [9.17, 15) is 13.6 Å². The highest BCUT2D eigenvalue weighted by atomic mass is 19.1. The molecule has 0 radical (unpaired) electrons. The predicted molar refractivity (Wildman–Crippen MR) is 88.2 cm³/mol. The van der Waals surface area contributed by atoms with E-state index in [1.165, 1.54) is 12.1 Å². The molecule has 0 aromatic heterocycles. The normalized spacial score (nSPS) is 26.6. The van der Waals surface area contributed by atoms with Crippen LogP contribution in [0, 0.1) is 17.6 Å². The topological polar surface area (TPSA) is 49.6 Å². The summed E-state index contributed by atoms with van der Waals surface area (Å²) in [7, 11) is 0. The van der Waals surface area contributed by atoms with Crippen molar-refractivity contribution in [2.45, 2.75) is 38.3 Å². The quantitative estimate of drug-likeness (QED) is 0.921. The van der Waals surface area contributed by atoms with Crippen LogP contribution in [0.2, 0.25) is 0 Å². The smallest absolute Gasteiger partial charge is 0.225 e. The van der Waals surface area contributed by atoms with Crippen LogP contribution in [0.3, 0.4) is 0 Å². The SMILES string of the molecule is CC(c1ccc(F)cc1F)N1CCN(C(=O)C2CCC(N)C2)CC1. The minimum atomic E-state index is -0.561. The van der Waals surface area contributed by atoms with Gasteiger partial charge in [-0.15, -0.1) is 0 Å². The van der Waals surface area contributed by atoms with Gasteiger partial charge in [0.25, 0.3) is 0 Å². The molecule has 1 amide bonds. The van der Waals surface area contributed by atoms with Gasteiger partial charge in [0.1, 0.15) is 11.6 Å². The molecule has 1 saturated heterocycles. The first-order chi connectivity index (χ1) is 11.5.